The van der Waals surface area contributed by atoms with Gasteiger partial charge in [-0.1, -0.05) is 17.7 Å². The lowest BCUT2D eigenvalue weighted by atomic mass is 10.2. The van der Waals surface area contributed by atoms with Crippen molar-refractivity contribution in [1.82, 2.24) is 5.32 Å². The molecule has 104 valence electrons. The molecule has 4 heteroatoms. The number of carbonyl (C=O) groups is 1. The topological polar surface area (TPSA) is 38.3 Å². The number of ether oxygens (including phenoxy) is 1. The molecular weight excluding hydrogens is 258 g/mol. The predicted molar refractivity (Wildman–Crippen MR) is 78.5 cm³/mol. The zero-order valence-corrected chi connectivity index (χ0v) is 12.3. The van der Waals surface area contributed by atoms with E-state index >= 15 is 0 Å². The average Bonchev–Trinajstić information content (AvgIpc) is 3.23. The highest BCUT2D eigenvalue weighted by Crippen LogP contribution is 2.23. The Hall–Kier alpha value is -1.00. The van der Waals surface area contributed by atoms with Gasteiger partial charge in [0.05, 0.1) is 7.11 Å². The van der Waals surface area contributed by atoms with E-state index in [1.165, 1.54) is 30.4 Å². The highest BCUT2D eigenvalue weighted by Gasteiger charge is 2.28. The molecule has 1 fully saturated rings. The fourth-order valence-corrected chi connectivity index (χ4v) is 2.79. The molecule has 1 unspecified atom stereocenters. The molecule has 0 aliphatic heterocycles. The average molecular weight is 279 g/mol. The van der Waals surface area contributed by atoms with Crippen molar-refractivity contribution < 1.29 is 9.53 Å². The zero-order valence-electron chi connectivity index (χ0n) is 11.5. The first-order valence-corrected chi connectivity index (χ1v) is 7.71. The minimum absolute atomic E-state index is 0.142. The van der Waals surface area contributed by atoms with Crippen LogP contribution >= 0.6 is 11.8 Å². The summed E-state index contributed by atoms with van der Waals surface area (Å²) in [4.78, 5) is 12.9. The van der Waals surface area contributed by atoms with Crippen LogP contribution in [0.25, 0.3) is 0 Å². The third-order valence-electron chi connectivity index (χ3n) is 3.20. The van der Waals surface area contributed by atoms with E-state index in [9.17, 15) is 4.79 Å². The molecule has 0 amide bonds. The second-order valence-electron chi connectivity index (χ2n) is 4.97. The number of thioether (sulfide) groups is 1. The van der Waals surface area contributed by atoms with Crippen molar-refractivity contribution in [1.29, 1.82) is 0 Å². The van der Waals surface area contributed by atoms with Crippen LogP contribution in [-0.2, 0) is 9.53 Å². The van der Waals surface area contributed by atoms with E-state index < -0.39 is 0 Å². The number of hydrogen-bond donors (Lipinski definition) is 1. The molecule has 1 atom stereocenters. The number of esters is 1. The van der Waals surface area contributed by atoms with E-state index in [1.807, 2.05) is 0 Å². The first-order valence-electron chi connectivity index (χ1n) is 6.72. The molecule has 1 N–H and O–H groups in total. The zero-order chi connectivity index (χ0) is 13.7. The van der Waals surface area contributed by atoms with Gasteiger partial charge >= 0.3 is 5.97 Å². The smallest absolute Gasteiger partial charge is 0.322 e. The second-order valence-corrected chi connectivity index (χ2v) is 6.14. The summed E-state index contributed by atoms with van der Waals surface area (Å²) in [5.41, 5.74) is 1.27. The van der Waals surface area contributed by atoms with Crippen molar-refractivity contribution in [2.45, 2.75) is 43.2 Å². The Bertz CT molecular complexity index is 415. The standard InChI is InChI=1S/C15H21NO2S/c1-11-3-7-13(8-4-11)19-10-9-14(15(17)18-2)16-12-5-6-12/h3-4,7-8,12,14,16H,5-6,9-10H2,1-2H3. The molecule has 0 spiro atoms. The second kappa shape index (κ2) is 6.96. The van der Waals surface area contributed by atoms with E-state index in [-0.39, 0.29) is 12.0 Å². The Balaban J connectivity index is 1.77. The van der Waals surface area contributed by atoms with Crippen LogP contribution in [0.4, 0.5) is 0 Å². The number of aryl methyl sites for hydroxylation is 1. The minimum Gasteiger partial charge on any atom is -0.468 e. The number of methoxy groups -OCH3 is 1. The molecule has 2 rings (SSSR count). The summed E-state index contributed by atoms with van der Waals surface area (Å²) in [6, 6.07) is 8.84. The maximum atomic E-state index is 11.7. The lowest BCUT2D eigenvalue weighted by Crippen LogP contribution is -2.39. The monoisotopic (exact) mass is 279 g/mol. The Morgan fingerprint density at radius 2 is 2.11 bits per heavy atom. The van der Waals surface area contributed by atoms with E-state index in [0.717, 1.165) is 12.2 Å². The first kappa shape index (κ1) is 14.4. The van der Waals surface area contributed by atoms with Gasteiger partial charge in [0.25, 0.3) is 0 Å². The van der Waals surface area contributed by atoms with Crippen LogP contribution in [-0.4, -0.2) is 30.9 Å². The minimum atomic E-state index is -0.157. The molecule has 1 aliphatic rings. The van der Waals surface area contributed by atoms with Gasteiger partial charge in [0.1, 0.15) is 6.04 Å². The van der Waals surface area contributed by atoms with Crippen LogP contribution in [0.1, 0.15) is 24.8 Å². The Morgan fingerprint density at radius 1 is 1.42 bits per heavy atom. The summed E-state index contributed by atoms with van der Waals surface area (Å²) in [5, 5.41) is 3.35. The van der Waals surface area contributed by atoms with Crippen LogP contribution in [0.15, 0.2) is 29.2 Å². The van der Waals surface area contributed by atoms with E-state index in [2.05, 4.69) is 36.5 Å². The van der Waals surface area contributed by atoms with Crippen molar-refractivity contribution >= 4 is 17.7 Å². The van der Waals surface area contributed by atoms with Crippen molar-refractivity contribution in [2.75, 3.05) is 12.9 Å². The number of nitrogens with one attached hydrogen (secondary N) is 1. The molecule has 1 aliphatic carbocycles. The summed E-state index contributed by atoms with van der Waals surface area (Å²) >= 11 is 1.79. The van der Waals surface area contributed by atoms with Gasteiger partial charge in [-0.2, -0.15) is 0 Å². The molecule has 0 saturated heterocycles. The molecule has 1 aromatic carbocycles. The van der Waals surface area contributed by atoms with Crippen molar-refractivity contribution in [3.8, 4) is 0 Å². The number of carbonyl (C=O) groups excluding carboxylic acids is 1. The van der Waals surface area contributed by atoms with Gasteiger partial charge in [-0.05, 0) is 38.3 Å². The molecule has 0 bridgehead atoms. The molecule has 1 saturated carbocycles. The van der Waals surface area contributed by atoms with Crippen LogP contribution in [0.5, 0.6) is 0 Å². The molecule has 19 heavy (non-hydrogen) atoms. The highest BCUT2D eigenvalue weighted by atomic mass is 32.2. The van der Waals surface area contributed by atoms with Crippen molar-refractivity contribution in [3.05, 3.63) is 29.8 Å². The van der Waals surface area contributed by atoms with E-state index in [1.54, 1.807) is 11.8 Å². The summed E-state index contributed by atoms with van der Waals surface area (Å²) < 4.78 is 4.85. The van der Waals surface area contributed by atoms with Gasteiger partial charge in [0, 0.05) is 16.7 Å². The van der Waals surface area contributed by atoms with Crippen LogP contribution in [0.2, 0.25) is 0 Å². The molecule has 0 aromatic heterocycles. The normalized spacial score (nSPS) is 16.1. The SMILES string of the molecule is COC(=O)C(CCSc1ccc(C)cc1)NC1CC1. The molecule has 0 radical (unpaired) electrons. The van der Waals surface area contributed by atoms with Gasteiger partial charge in [0.15, 0.2) is 0 Å². The van der Waals surface area contributed by atoms with Crippen molar-refractivity contribution in [2.24, 2.45) is 0 Å². The summed E-state index contributed by atoms with van der Waals surface area (Å²) in [5.74, 6) is 0.777. The molecular formula is C15H21NO2S. The highest BCUT2D eigenvalue weighted by molar-refractivity contribution is 7.99. The number of benzene rings is 1. The summed E-state index contributed by atoms with van der Waals surface area (Å²) in [7, 11) is 1.46. The van der Waals surface area contributed by atoms with Crippen molar-refractivity contribution in [3.63, 3.8) is 0 Å². The fraction of sp³-hybridized carbons (Fsp3) is 0.533. The van der Waals surface area contributed by atoms with Gasteiger partial charge < -0.3 is 10.1 Å². The quantitative estimate of drug-likeness (QED) is 0.615. The molecule has 0 heterocycles. The number of rotatable bonds is 7. The molecule has 1 aromatic rings. The maximum absolute atomic E-state index is 11.7. The van der Waals surface area contributed by atoms with Gasteiger partial charge in [-0.3, -0.25) is 4.79 Å². The van der Waals surface area contributed by atoms with Gasteiger partial charge in [-0.15, -0.1) is 11.8 Å². The predicted octanol–water partition coefficient (Wildman–Crippen LogP) is 2.77. The summed E-state index contributed by atoms with van der Waals surface area (Å²) in [6.07, 6.45) is 3.17. The van der Waals surface area contributed by atoms with Crippen LogP contribution in [0, 0.1) is 6.92 Å². The van der Waals surface area contributed by atoms with E-state index in [0.29, 0.717) is 6.04 Å². The third kappa shape index (κ3) is 4.88. The maximum Gasteiger partial charge on any atom is 0.322 e. The van der Waals surface area contributed by atoms with Gasteiger partial charge in [0.2, 0.25) is 0 Å². The third-order valence-corrected chi connectivity index (χ3v) is 4.24. The van der Waals surface area contributed by atoms with E-state index in [4.69, 9.17) is 4.74 Å². The van der Waals surface area contributed by atoms with Crippen LogP contribution < -0.4 is 5.32 Å². The summed E-state index contributed by atoms with van der Waals surface area (Å²) in [6.45, 7) is 2.08. The van der Waals surface area contributed by atoms with Crippen LogP contribution in [0.3, 0.4) is 0 Å². The Morgan fingerprint density at radius 3 is 2.68 bits per heavy atom. The molecule has 3 nitrogen and oxygen atoms in total. The Labute approximate surface area is 119 Å². The largest absolute Gasteiger partial charge is 0.468 e. The Kier molecular flexibility index (Phi) is 5.28. The fourth-order valence-electron chi connectivity index (χ4n) is 1.88. The number of hydrogen-bond acceptors (Lipinski definition) is 4. The van der Waals surface area contributed by atoms with Gasteiger partial charge in [-0.25, -0.2) is 0 Å². The lowest BCUT2D eigenvalue weighted by Gasteiger charge is -2.15. The lowest BCUT2D eigenvalue weighted by molar-refractivity contribution is -0.143. The first-order chi connectivity index (χ1) is 9.19.